The van der Waals surface area contributed by atoms with Crippen LogP contribution in [0.3, 0.4) is 0 Å². The van der Waals surface area contributed by atoms with E-state index < -0.39 is 11.9 Å². The molecule has 0 bridgehead atoms. The molecule has 0 radical (unpaired) electrons. The summed E-state index contributed by atoms with van der Waals surface area (Å²) in [5.74, 6) is 0. The number of nitrogens with zero attached hydrogens (tertiary/aromatic N) is 3. The molecule has 0 unspecified atom stereocenters. The molecule has 0 saturated heterocycles. The Bertz CT molecular complexity index is 763. The molecule has 3 rings (SSSR count). The van der Waals surface area contributed by atoms with Crippen molar-refractivity contribution in [3.05, 3.63) is 53.4 Å². The summed E-state index contributed by atoms with van der Waals surface area (Å²) in [6.07, 6.45) is -2.00. The van der Waals surface area contributed by atoms with Crippen LogP contribution in [0.4, 0.5) is 13.2 Å². The van der Waals surface area contributed by atoms with Crippen LogP contribution in [0.2, 0.25) is 5.02 Å². The summed E-state index contributed by atoms with van der Waals surface area (Å²) in [4.78, 5) is 3.98. The van der Waals surface area contributed by atoms with Crippen LogP contribution in [0, 0.1) is 0 Å². The van der Waals surface area contributed by atoms with Gasteiger partial charge in [0.05, 0.1) is 6.20 Å². The summed E-state index contributed by atoms with van der Waals surface area (Å²) in [6, 6.07) is 7.64. The molecule has 7 heteroatoms. The molecule has 2 heterocycles. The van der Waals surface area contributed by atoms with E-state index in [1.54, 1.807) is 24.3 Å². The lowest BCUT2D eigenvalue weighted by Crippen LogP contribution is -2.12. The predicted molar refractivity (Wildman–Crippen MR) is 68.4 cm³/mol. The minimum Gasteiger partial charge on any atom is -0.236 e. The van der Waals surface area contributed by atoms with Gasteiger partial charge in [-0.25, -0.2) is 9.50 Å². The quantitative estimate of drug-likeness (QED) is 0.678. The summed E-state index contributed by atoms with van der Waals surface area (Å²) >= 11 is 5.79. The Morgan fingerprint density at radius 2 is 1.75 bits per heavy atom. The minimum absolute atomic E-state index is 0.155. The first-order valence-electron chi connectivity index (χ1n) is 5.63. The Balaban J connectivity index is 2.22. The molecule has 0 spiro atoms. The first-order valence-corrected chi connectivity index (χ1v) is 6.00. The summed E-state index contributed by atoms with van der Waals surface area (Å²) in [6.45, 7) is 0. The van der Waals surface area contributed by atoms with Crippen molar-refractivity contribution in [3.63, 3.8) is 0 Å². The average Bonchev–Trinajstić information content (AvgIpc) is 2.82. The van der Waals surface area contributed by atoms with Crippen LogP contribution in [-0.2, 0) is 6.18 Å². The number of fused-ring (bicyclic) bond motifs is 1. The molecular formula is C13H7ClF3N3. The fourth-order valence-electron chi connectivity index (χ4n) is 1.94. The van der Waals surface area contributed by atoms with Crippen LogP contribution >= 0.6 is 11.6 Å². The highest BCUT2D eigenvalue weighted by Crippen LogP contribution is 2.31. The van der Waals surface area contributed by atoms with Gasteiger partial charge in [0, 0.05) is 16.8 Å². The zero-order valence-corrected chi connectivity index (χ0v) is 10.7. The SMILES string of the molecule is FC(F)(F)c1ccnc2c(-c3ccc(Cl)cc3)cnn12. The molecule has 2 aromatic heterocycles. The van der Waals surface area contributed by atoms with Crippen molar-refractivity contribution >= 4 is 17.2 Å². The van der Waals surface area contributed by atoms with Crippen LogP contribution in [0.5, 0.6) is 0 Å². The topological polar surface area (TPSA) is 30.2 Å². The zero-order valence-electron chi connectivity index (χ0n) is 9.89. The maximum atomic E-state index is 12.9. The standard InChI is InChI=1S/C13H7ClF3N3/c14-9-3-1-8(2-4-9)10-7-19-20-11(13(15,16)17)5-6-18-12(10)20/h1-7H. The second-order valence-corrected chi connectivity index (χ2v) is 4.56. The fraction of sp³-hybridized carbons (Fsp3) is 0.0769. The van der Waals surface area contributed by atoms with Gasteiger partial charge in [-0.05, 0) is 23.8 Å². The lowest BCUT2D eigenvalue weighted by atomic mass is 10.1. The van der Waals surface area contributed by atoms with Crippen molar-refractivity contribution < 1.29 is 13.2 Å². The van der Waals surface area contributed by atoms with Gasteiger partial charge in [0.2, 0.25) is 0 Å². The Kier molecular flexibility index (Phi) is 2.90. The molecule has 0 aliphatic carbocycles. The number of hydrogen-bond donors (Lipinski definition) is 0. The Morgan fingerprint density at radius 1 is 1.05 bits per heavy atom. The van der Waals surface area contributed by atoms with Crippen LogP contribution < -0.4 is 0 Å². The first kappa shape index (κ1) is 12.9. The highest BCUT2D eigenvalue weighted by Gasteiger charge is 2.34. The molecule has 20 heavy (non-hydrogen) atoms. The van der Waals surface area contributed by atoms with Crippen molar-refractivity contribution in [1.82, 2.24) is 14.6 Å². The number of alkyl halides is 3. The summed E-state index contributed by atoms with van der Waals surface area (Å²) in [5.41, 5.74) is 0.522. The Morgan fingerprint density at radius 3 is 2.40 bits per heavy atom. The van der Waals surface area contributed by atoms with Gasteiger partial charge in [-0.3, -0.25) is 0 Å². The molecule has 0 N–H and O–H groups in total. The normalized spacial score (nSPS) is 12.0. The highest BCUT2D eigenvalue weighted by atomic mass is 35.5. The van der Waals surface area contributed by atoms with Gasteiger partial charge in [0.15, 0.2) is 5.65 Å². The van der Waals surface area contributed by atoms with E-state index in [9.17, 15) is 13.2 Å². The Hall–Kier alpha value is -2.08. The molecule has 0 saturated carbocycles. The molecule has 0 amide bonds. The van der Waals surface area contributed by atoms with Crippen LogP contribution in [0.1, 0.15) is 5.69 Å². The lowest BCUT2D eigenvalue weighted by Gasteiger charge is -2.08. The third-order valence-corrected chi connectivity index (χ3v) is 3.10. The third kappa shape index (κ3) is 2.12. The molecule has 0 aliphatic rings. The maximum Gasteiger partial charge on any atom is 0.433 e. The van der Waals surface area contributed by atoms with Crippen LogP contribution in [0.15, 0.2) is 42.7 Å². The smallest absolute Gasteiger partial charge is 0.236 e. The molecule has 0 aliphatic heterocycles. The maximum absolute atomic E-state index is 12.9. The Labute approximate surface area is 116 Å². The average molecular weight is 298 g/mol. The van der Waals surface area contributed by atoms with Crippen molar-refractivity contribution in [2.75, 3.05) is 0 Å². The van der Waals surface area contributed by atoms with E-state index in [0.717, 1.165) is 16.8 Å². The lowest BCUT2D eigenvalue weighted by molar-refractivity contribution is -0.142. The summed E-state index contributed by atoms with van der Waals surface area (Å²) in [7, 11) is 0. The van der Waals surface area contributed by atoms with Crippen molar-refractivity contribution in [2.24, 2.45) is 0 Å². The van der Waals surface area contributed by atoms with Crippen LogP contribution in [-0.4, -0.2) is 14.6 Å². The zero-order chi connectivity index (χ0) is 14.3. The molecule has 0 atom stereocenters. The van der Waals surface area contributed by atoms with Gasteiger partial charge in [-0.2, -0.15) is 18.3 Å². The summed E-state index contributed by atoms with van der Waals surface area (Å²) < 4.78 is 39.4. The van der Waals surface area contributed by atoms with Gasteiger partial charge < -0.3 is 0 Å². The van der Waals surface area contributed by atoms with E-state index in [-0.39, 0.29) is 5.65 Å². The van der Waals surface area contributed by atoms with Gasteiger partial charge in [0.1, 0.15) is 5.69 Å². The molecule has 1 aromatic carbocycles. The van der Waals surface area contributed by atoms with Gasteiger partial charge in [-0.15, -0.1) is 0 Å². The van der Waals surface area contributed by atoms with E-state index in [2.05, 4.69) is 10.1 Å². The number of aromatic nitrogens is 3. The summed E-state index contributed by atoms with van der Waals surface area (Å²) in [5, 5.41) is 4.34. The second kappa shape index (κ2) is 4.49. The number of halogens is 4. The predicted octanol–water partition coefficient (Wildman–Crippen LogP) is 4.07. The minimum atomic E-state index is -4.48. The van der Waals surface area contributed by atoms with Crippen molar-refractivity contribution in [3.8, 4) is 11.1 Å². The second-order valence-electron chi connectivity index (χ2n) is 4.13. The van der Waals surface area contributed by atoms with E-state index in [1.165, 1.54) is 6.20 Å². The third-order valence-electron chi connectivity index (χ3n) is 2.85. The monoisotopic (exact) mass is 297 g/mol. The molecule has 3 nitrogen and oxygen atoms in total. The fourth-order valence-corrected chi connectivity index (χ4v) is 2.07. The van der Waals surface area contributed by atoms with Crippen molar-refractivity contribution in [1.29, 1.82) is 0 Å². The van der Waals surface area contributed by atoms with E-state index in [0.29, 0.717) is 16.1 Å². The number of benzene rings is 1. The van der Waals surface area contributed by atoms with Crippen molar-refractivity contribution in [2.45, 2.75) is 6.18 Å². The van der Waals surface area contributed by atoms with E-state index in [1.807, 2.05) is 0 Å². The van der Waals surface area contributed by atoms with Crippen LogP contribution in [0.25, 0.3) is 16.8 Å². The van der Waals surface area contributed by atoms with Gasteiger partial charge in [0.25, 0.3) is 0 Å². The molecule has 102 valence electrons. The van der Waals surface area contributed by atoms with Gasteiger partial charge in [-0.1, -0.05) is 23.7 Å². The number of hydrogen-bond acceptors (Lipinski definition) is 2. The molecule has 0 fully saturated rings. The van der Waals surface area contributed by atoms with Gasteiger partial charge >= 0.3 is 6.18 Å². The number of rotatable bonds is 1. The van der Waals surface area contributed by atoms with E-state index in [4.69, 9.17) is 11.6 Å². The molecule has 3 aromatic rings. The highest BCUT2D eigenvalue weighted by molar-refractivity contribution is 6.30. The largest absolute Gasteiger partial charge is 0.433 e. The van der Waals surface area contributed by atoms with E-state index >= 15 is 0 Å². The molecular weight excluding hydrogens is 291 g/mol. The first-order chi connectivity index (χ1) is 9.47.